The lowest BCUT2D eigenvalue weighted by molar-refractivity contribution is -0.0511. The molecule has 0 spiro atoms. The third kappa shape index (κ3) is 2.38. The molecule has 0 amide bonds. The summed E-state index contributed by atoms with van der Waals surface area (Å²) in [7, 11) is 0. The van der Waals surface area contributed by atoms with Crippen molar-refractivity contribution in [3.63, 3.8) is 0 Å². The van der Waals surface area contributed by atoms with E-state index >= 15 is 0 Å². The lowest BCUT2D eigenvalue weighted by atomic mass is 10.3. The van der Waals surface area contributed by atoms with Crippen LogP contribution in [0.15, 0.2) is 15.0 Å². The first-order chi connectivity index (χ1) is 6.43. The Bertz CT molecular complexity index is 356. The van der Waals surface area contributed by atoms with E-state index in [-0.39, 0.29) is 4.47 Å². The molecule has 0 radical (unpaired) electrons. The van der Waals surface area contributed by atoms with Gasteiger partial charge in [0.25, 0.3) is 0 Å². The molecule has 0 saturated carbocycles. The Kier molecular flexibility index (Phi) is 3.77. The molecule has 0 aliphatic carbocycles. The summed E-state index contributed by atoms with van der Waals surface area (Å²) in [4.78, 5) is 0. The van der Waals surface area contributed by atoms with Gasteiger partial charge in [-0.1, -0.05) is 0 Å². The van der Waals surface area contributed by atoms with Crippen molar-refractivity contribution < 1.29 is 22.3 Å². The molecule has 14 heavy (non-hydrogen) atoms. The zero-order valence-corrected chi connectivity index (χ0v) is 9.50. The normalized spacial score (nSPS) is 10.8. The van der Waals surface area contributed by atoms with Gasteiger partial charge in [0.05, 0.1) is 8.95 Å². The number of halogens is 6. The number of benzene rings is 1. The van der Waals surface area contributed by atoms with Crippen LogP contribution in [-0.4, -0.2) is 6.61 Å². The molecule has 0 heterocycles. The van der Waals surface area contributed by atoms with Crippen LogP contribution in [0.5, 0.6) is 5.75 Å². The summed E-state index contributed by atoms with van der Waals surface area (Å²) in [5.41, 5.74) is 0. The smallest absolute Gasteiger partial charge is 0.387 e. The van der Waals surface area contributed by atoms with Gasteiger partial charge in [0.2, 0.25) is 0 Å². The average molecular weight is 338 g/mol. The Morgan fingerprint density at radius 2 is 1.79 bits per heavy atom. The molecule has 0 unspecified atom stereocenters. The van der Waals surface area contributed by atoms with Crippen molar-refractivity contribution in [3.8, 4) is 5.75 Å². The van der Waals surface area contributed by atoms with Gasteiger partial charge in [0, 0.05) is 0 Å². The van der Waals surface area contributed by atoms with E-state index in [0.29, 0.717) is 6.07 Å². The molecule has 0 bridgehead atoms. The highest BCUT2D eigenvalue weighted by atomic mass is 79.9. The highest BCUT2D eigenvalue weighted by Gasteiger charge is 2.19. The molecule has 1 aromatic carbocycles. The van der Waals surface area contributed by atoms with E-state index in [4.69, 9.17) is 0 Å². The summed E-state index contributed by atoms with van der Waals surface area (Å²) in [5, 5.41) is 0. The Hall–Kier alpha value is -0.300. The minimum Gasteiger partial charge on any atom is -0.432 e. The Morgan fingerprint density at radius 1 is 1.21 bits per heavy atom. The maximum Gasteiger partial charge on any atom is 0.387 e. The van der Waals surface area contributed by atoms with Gasteiger partial charge in [-0.3, -0.25) is 0 Å². The number of rotatable bonds is 2. The summed E-state index contributed by atoms with van der Waals surface area (Å²) in [6.07, 6.45) is 0. The van der Waals surface area contributed by atoms with Gasteiger partial charge in [0.1, 0.15) is 0 Å². The monoisotopic (exact) mass is 336 g/mol. The molecule has 0 N–H and O–H groups in total. The van der Waals surface area contributed by atoms with Crippen molar-refractivity contribution in [1.29, 1.82) is 0 Å². The van der Waals surface area contributed by atoms with E-state index in [1.54, 1.807) is 0 Å². The molecular formula is C7H2Br2F4O. The van der Waals surface area contributed by atoms with Gasteiger partial charge in [-0.05, 0) is 37.9 Å². The molecule has 1 rings (SSSR count). The van der Waals surface area contributed by atoms with Crippen LogP contribution in [0, 0.1) is 11.6 Å². The summed E-state index contributed by atoms with van der Waals surface area (Å²) in [6.45, 7) is -3.10. The fraction of sp³-hybridized carbons (Fsp3) is 0.143. The van der Waals surface area contributed by atoms with Crippen molar-refractivity contribution in [1.82, 2.24) is 0 Å². The summed E-state index contributed by atoms with van der Waals surface area (Å²) in [6, 6.07) is 0.706. The van der Waals surface area contributed by atoms with E-state index in [1.807, 2.05) is 0 Å². The lowest BCUT2D eigenvalue weighted by Crippen LogP contribution is -2.04. The molecule has 7 heteroatoms. The van der Waals surface area contributed by atoms with E-state index < -0.39 is 28.5 Å². The van der Waals surface area contributed by atoms with Crippen LogP contribution in [0.1, 0.15) is 0 Å². The average Bonchev–Trinajstić information content (AvgIpc) is 2.09. The van der Waals surface area contributed by atoms with Gasteiger partial charge >= 0.3 is 6.61 Å². The van der Waals surface area contributed by atoms with Crippen LogP contribution in [-0.2, 0) is 0 Å². The largest absolute Gasteiger partial charge is 0.432 e. The first-order valence-electron chi connectivity index (χ1n) is 3.21. The van der Waals surface area contributed by atoms with Crippen molar-refractivity contribution in [2.24, 2.45) is 0 Å². The topological polar surface area (TPSA) is 9.23 Å². The number of hydrogen-bond acceptors (Lipinski definition) is 1. The minimum absolute atomic E-state index is 0.0939. The van der Waals surface area contributed by atoms with Gasteiger partial charge in [-0.15, -0.1) is 0 Å². The summed E-state index contributed by atoms with van der Waals surface area (Å²) < 4.78 is 52.6. The number of alkyl halides is 2. The second-order valence-electron chi connectivity index (χ2n) is 2.18. The van der Waals surface area contributed by atoms with Crippen LogP contribution in [0.25, 0.3) is 0 Å². The van der Waals surface area contributed by atoms with Crippen LogP contribution < -0.4 is 4.74 Å². The maximum atomic E-state index is 12.9. The molecule has 0 aliphatic heterocycles. The second-order valence-corrected chi connectivity index (χ2v) is 3.82. The van der Waals surface area contributed by atoms with Gasteiger partial charge in [-0.25, -0.2) is 8.78 Å². The molecule has 1 aromatic rings. The quantitative estimate of drug-likeness (QED) is 0.448. The Labute approximate surface area is 93.3 Å². The standard InChI is InChI=1S/C7H2Br2F4O/c8-2-1-3(10)5(11)4(9)6(2)14-7(12)13/h1,7H. The molecule has 0 fully saturated rings. The minimum atomic E-state index is -3.10. The molecule has 78 valence electrons. The molecule has 0 saturated heterocycles. The molecule has 1 nitrogen and oxygen atoms in total. The third-order valence-electron chi connectivity index (χ3n) is 1.28. The van der Waals surface area contributed by atoms with E-state index in [1.165, 1.54) is 0 Å². The van der Waals surface area contributed by atoms with Gasteiger partial charge in [-0.2, -0.15) is 8.78 Å². The third-order valence-corrected chi connectivity index (χ3v) is 2.58. The fourth-order valence-corrected chi connectivity index (χ4v) is 2.00. The zero-order valence-electron chi connectivity index (χ0n) is 6.33. The predicted octanol–water partition coefficient (Wildman–Crippen LogP) is 4.09. The maximum absolute atomic E-state index is 12.9. The Morgan fingerprint density at radius 3 is 2.29 bits per heavy atom. The molecular weight excluding hydrogens is 336 g/mol. The highest BCUT2D eigenvalue weighted by Crippen LogP contribution is 2.37. The van der Waals surface area contributed by atoms with Crippen molar-refractivity contribution >= 4 is 31.9 Å². The van der Waals surface area contributed by atoms with Gasteiger partial charge < -0.3 is 4.74 Å². The predicted molar refractivity (Wildman–Crippen MR) is 48.4 cm³/mol. The fourth-order valence-electron chi connectivity index (χ4n) is 0.747. The number of hydrogen-bond donors (Lipinski definition) is 0. The van der Waals surface area contributed by atoms with Gasteiger partial charge in [0.15, 0.2) is 17.4 Å². The Balaban J connectivity index is 3.22. The summed E-state index contributed by atoms with van der Waals surface area (Å²) >= 11 is 5.37. The first-order valence-corrected chi connectivity index (χ1v) is 4.80. The van der Waals surface area contributed by atoms with Crippen LogP contribution in [0.3, 0.4) is 0 Å². The van der Waals surface area contributed by atoms with Crippen molar-refractivity contribution in [3.05, 3.63) is 26.6 Å². The van der Waals surface area contributed by atoms with Crippen LogP contribution in [0.2, 0.25) is 0 Å². The lowest BCUT2D eigenvalue weighted by Gasteiger charge is -2.09. The first kappa shape index (κ1) is 11.8. The van der Waals surface area contributed by atoms with Crippen LogP contribution >= 0.6 is 31.9 Å². The SMILES string of the molecule is Fc1cc(Br)c(OC(F)F)c(Br)c1F. The zero-order chi connectivity index (χ0) is 10.9. The summed E-state index contributed by atoms with van der Waals surface area (Å²) in [5.74, 6) is -2.91. The van der Waals surface area contributed by atoms with Crippen LogP contribution in [0.4, 0.5) is 17.6 Å². The molecule has 0 aromatic heterocycles. The second kappa shape index (κ2) is 4.48. The van der Waals surface area contributed by atoms with Crippen molar-refractivity contribution in [2.75, 3.05) is 0 Å². The number of ether oxygens (including phenoxy) is 1. The van der Waals surface area contributed by atoms with E-state index in [9.17, 15) is 17.6 Å². The van der Waals surface area contributed by atoms with E-state index in [0.717, 1.165) is 0 Å². The molecule has 0 aliphatic rings. The molecule has 0 atom stereocenters. The van der Waals surface area contributed by atoms with Crippen molar-refractivity contribution in [2.45, 2.75) is 6.61 Å². The van der Waals surface area contributed by atoms with E-state index in [2.05, 4.69) is 36.6 Å². The highest BCUT2D eigenvalue weighted by molar-refractivity contribution is 9.11.